The summed E-state index contributed by atoms with van der Waals surface area (Å²) in [5.74, 6) is 0.794. The van der Waals surface area contributed by atoms with Gasteiger partial charge in [-0.2, -0.15) is 4.98 Å². The third-order valence-corrected chi connectivity index (χ3v) is 5.27. The molecule has 142 valence electrons. The molecule has 0 bridgehead atoms. The van der Waals surface area contributed by atoms with Gasteiger partial charge in [0.05, 0.1) is 9.80 Å². The molecule has 0 aromatic carbocycles. The topological polar surface area (TPSA) is 114 Å². The highest BCUT2D eigenvalue weighted by Crippen LogP contribution is 2.34. The third kappa shape index (κ3) is 4.19. The Morgan fingerprint density at radius 3 is 3.00 bits per heavy atom. The van der Waals surface area contributed by atoms with E-state index in [4.69, 9.17) is 4.52 Å². The van der Waals surface area contributed by atoms with Gasteiger partial charge in [-0.15, -0.1) is 12.4 Å². The highest BCUT2D eigenvalue weighted by atomic mass is 35.5. The monoisotopic (exact) mass is 401 g/mol. The van der Waals surface area contributed by atoms with Crippen LogP contribution in [-0.2, 0) is 6.42 Å². The van der Waals surface area contributed by atoms with Crippen LogP contribution in [0.1, 0.15) is 47.2 Å². The van der Waals surface area contributed by atoms with Crippen LogP contribution in [0.3, 0.4) is 0 Å². The summed E-state index contributed by atoms with van der Waals surface area (Å²) < 4.78 is 5.37. The minimum Gasteiger partial charge on any atom is -0.337 e. The average Bonchev–Trinajstić information content (AvgIpc) is 3.33. The summed E-state index contributed by atoms with van der Waals surface area (Å²) in [5.41, 5.74) is 0. The fraction of sp³-hybridized carbons (Fsp3) is 0.533. The Hall–Kier alpha value is -2.04. The van der Waals surface area contributed by atoms with Crippen molar-refractivity contribution >= 4 is 34.7 Å². The van der Waals surface area contributed by atoms with E-state index < -0.39 is 4.92 Å². The predicted molar refractivity (Wildman–Crippen MR) is 97.8 cm³/mol. The summed E-state index contributed by atoms with van der Waals surface area (Å²) in [6.07, 6.45) is 2.20. The molecule has 1 N–H and O–H groups in total. The standard InChI is InChI=1S/C15H19N5O4S.ClH/c1-9(16-2)8-12-17-14(24-18-12)10-4-3-7-19(10)15(21)11-5-6-13(25-11)20(22)23;/h5-6,9-10,16H,3-4,7-8H2,1-2H3;1H. The van der Waals surface area contributed by atoms with E-state index in [0.29, 0.717) is 29.6 Å². The van der Waals surface area contributed by atoms with Gasteiger partial charge in [0.25, 0.3) is 5.91 Å². The van der Waals surface area contributed by atoms with Gasteiger partial charge in [0.15, 0.2) is 5.82 Å². The molecule has 3 heterocycles. The molecule has 1 fully saturated rings. The van der Waals surface area contributed by atoms with Gasteiger partial charge < -0.3 is 14.7 Å². The molecule has 3 rings (SSSR count). The number of hydrogen-bond donors (Lipinski definition) is 1. The molecule has 0 radical (unpaired) electrons. The van der Waals surface area contributed by atoms with Gasteiger partial charge in [-0.3, -0.25) is 14.9 Å². The molecule has 1 aliphatic rings. The van der Waals surface area contributed by atoms with Gasteiger partial charge >= 0.3 is 5.00 Å². The highest BCUT2D eigenvalue weighted by Gasteiger charge is 2.35. The van der Waals surface area contributed by atoms with Crippen LogP contribution in [0.25, 0.3) is 0 Å². The number of halogens is 1. The zero-order valence-electron chi connectivity index (χ0n) is 14.4. The molecule has 0 spiro atoms. The Morgan fingerprint density at radius 1 is 1.58 bits per heavy atom. The van der Waals surface area contributed by atoms with Crippen molar-refractivity contribution in [1.82, 2.24) is 20.4 Å². The van der Waals surface area contributed by atoms with E-state index in [9.17, 15) is 14.9 Å². The first-order chi connectivity index (χ1) is 12.0. The Labute approximate surface area is 160 Å². The Kier molecular flexibility index (Phi) is 6.68. The van der Waals surface area contributed by atoms with Crippen molar-refractivity contribution in [3.05, 3.63) is 38.8 Å². The van der Waals surface area contributed by atoms with Crippen LogP contribution in [0.15, 0.2) is 16.7 Å². The summed E-state index contributed by atoms with van der Waals surface area (Å²) in [6, 6.07) is 2.79. The van der Waals surface area contributed by atoms with Crippen molar-refractivity contribution in [3.8, 4) is 0 Å². The van der Waals surface area contributed by atoms with Gasteiger partial charge in [0.2, 0.25) is 5.89 Å². The molecule has 1 amide bonds. The van der Waals surface area contributed by atoms with Crippen LogP contribution in [0.5, 0.6) is 0 Å². The summed E-state index contributed by atoms with van der Waals surface area (Å²) >= 11 is 0.885. The third-order valence-electron chi connectivity index (χ3n) is 4.25. The predicted octanol–water partition coefficient (Wildman–Crippen LogP) is 2.59. The molecule has 26 heavy (non-hydrogen) atoms. The van der Waals surface area contributed by atoms with E-state index in [1.54, 1.807) is 4.90 Å². The lowest BCUT2D eigenvalue weighted by molar-refractivity contribution is -0.380. The highest BCUT2D eigenvalue weighted by molar-refractivity contribution is 7.17. The van der Waals surface area contributed by atoms with E-state index in [1.165, 1.54) is 12.1 Å². The molecule has 1 aliphatic heterocycles. The average molecular weight is 402 g/mol. The van der Waals surface area contributed by atoms with Crippen LogP contribution in [0.4, 0.5) is 5.00 Å². The number of aromatic nitrogens is 2. The molecule has 0 aliphatic carbocycles. The quantitative estimate of drug-likeness (QED) is 0.584. The zero-order valence-corrected chi connectivity index (χ0v) is 16.0. The number of carbonyl (C=O) groups is 1. The number of likely N-dealkylation sites (tertiary alicyclic amines) is 1. The van der Waals surface area contributed by atoms with E-state index >= 15 is 0 Å². The molecule has 2 atom stereocenters. The van der Waals surface area contributed by atoms with Gasteiger partial charge in [-0.05, 0) is 32.9 Å². The van der Waals surface area contributed by atoms with Crippen LogP contribution < -0.4 is 5.32 Å². The first kappa shape index (κ1) is 20.3. The summed E-state index contributed by atoms with van der Waals surface area (Å²) in [7, 11) is 1.86. The lowest BCUT2D eigenvalue weighted by Gasteiger charge is -2.20. The van der Waals surface area contributed by atoms with Gasteiger partial charge in [0.1, 0.15) is 6.04 Å². The first-order valence-corrected chi connectivity index (χ1v) is 8.86. The summed E-state index contributed by atoms with van der Waals surface area (Å²) in [5, 5.41) is 17.9. The van der Waals surface area contributed by atoms with Crippen LogP contribution >= 0.6 is 23.7 Å². The number of nitro groups is 1. The molecule has 2 aromatic rings. The Balaban J connectivity index is 0.00000243. The van der Waals surface area contributed by atoms with E-state index in [0.717, 1.165) is 24.2 Å². The molecule has 9 nitrogen and oxygen atoms in total. The van der Waals surface area contributed by atoms with Crippen molar-refractivity contribution in [1.29, 1.82) is 0 Å². The van der Waals surface area contributed by atoms with Gasteiger partial charge in [0, 0.05) is 25.1 Å². The lowest BCUT2D eigenvalue weighted by atomic mass is 10.2. The van der Waals surface area contributed by atoms with E-state index in [1.807, 2.05) is 14.0 Å². The summed E-state index contributed by atoms with van der Waals surface area (Å²) in [6.45, 7) is 2.59. The number of thiophene rings is 1. The van der Waals surface area contributed by atoms with Crippen LogP contribution in [-0.4, -0.2) is 45.5 Å². The fourth-order valence-corrected chi connectivity index (χ4v) is 3.59. The first-order valence-electron chi connectivity index (χ1n) is 8.04. The SMILES string of the molecule is CNC(C)Cc1noc(C2CCCN2C(=O)c2ccc([N+](=O)[O-])s2)n1.Cl. The molecular weight excluding hydrogens is 382 g/mol. The number of amides is 1. The molecule has 1 saturated heterocycles. The number of likely N-dealkylation sites (N-methyl/N-ethyl adjacent to an activating group) is 1. The van der Waals surface area contributed by atoms with Gasteiger partial charge in [-0.1, -0.05) is 16.5 Å². The van der Waals surface area contributed by atoms with E-state index in [2.05, 4.69) is 15.5 Å². The largest absolute Gasteiger partial charge is 0.337 e. The second-order valence-electron chi connectivity index (χ2n) is 5.99. The van der Waals surface area contributed by atoms with E-state index in [-0.39, 0.29) is 35.4 Å². The zero-order chi connectivity index (χ0) is 18.0. The molecule has 11 heteroatoms. The molecule has 2 aromatic heterocycles. The van der Waals surface area contributed by atoms with Crippen molar-refractivity contribution in [2.24, 2.45) is 0 Å². The summed E-state index contributed by atoms with van der Waals surface area (Å²) in [4.78, 5) is 29.5. The second kappa shape index (κ2) is 8.56. The maximum Gasteiger partial charge on any atom is 0.324 e. The van der Waals surface area contributed by atoms with Crippen molar-refractivity contribution < 1.29 is 14.2 Å². The second-order valence-corrected chi connectivity index (χ2v) is 7.06. The number of nitrogens with zero attached hydrogens (tertiary/aromatic N) is 4. The normalized spacial score (nSPS) is 17.8. The van der Waals surface area contributed by atoms with Gasteiger partial charge in [-0.25, -0.2) is 0 Å². The minimum atomic E-state index is -0.490. The maximum atomic E-state index is 12.7. The maximum absolute atomic E-state index is 12.7. The number of rotatable bonds is 6. The molecule has 0 saturated carbocycles. The molecular formula is C15H20ClN5O4S. The fourth-order valence-electron chi connectivity index (χ4n) is 2.81. The smallest absolute Gasteiger partial charge is 0.324 e. The van der Waals surface area contributed by atoms with Crippen molar-refractivity contribution in [3.63, 3.8) is 0 Å². The lowest BCUT2D eigenvalue weighted by Crippen LogP contribution is -2.30. The van der Waals surface area contributed by atoms with Crippen LogP contribution in [0.2, 0.25) is 0 Å². The number of carbonyl (C=O) groups excluding carboxylic acids is 1. The number of nitrogens with one attached hydrogen (secondary N) is 1. The number of hydrogen-bond acceptors (Lipinski definition) is 8. The Morgan fingerprint density at radius 2 is 2.35 bits per heavy atom. The Bertz CT molecular complexity index is 780. The van der Waals surface area contributed by atoms with Crippen molar-refractivity contribution in [2.75, 3.05) is 13.6 Å². The molecule has 2 unspecified atom stereocenters. The van der Waals surface area contributed by atoms with Crippen molar-refractivity contribution in [2.45, 2.75) is 38.3 Å². The van der Waals surface area contributed by atoms with Crippen LogP contribution in [0, 0.1) is 10.1 Å². The minimum absolute atomic E-state index is 0.